The number of methoxy groups -OCH3 is 2. The van der Waals surface area contributed by atoms with Gasteiger partial charge >= 0.3 is 12.2 Å². The zero-order valence-electron chi connectivity index (χ0n) is 28.9. The number of anilines is 1. The van der Waals surface area contributed by atoms with Crippen molar-refractivity contribution in [1.82, 2.24) is 30.4 Å². The summed E-state index contributed by atoms with van der Waals surface area (Å²) in [7, 11) is 2.52. The van der Waals surface area contributed by atoms with Crippen molar-refractivity contribution in [3.8, 4) is 22.4 Å². The molecule has 0 unspecified atom stereocenters. The summed E-state index contributed by atoms with van der Waals surface area (Å²) in [6.07, 6.45) is 3.51. The van der Waals surface area contributed by atoms with Crippen molar-refractivity contribution < 1.29 is 33.4 Å². The third kappa shape index (κ3) is 8.24. The molecule has 5 rings (SSSR count). The molecule has 0 aliphatic carbocycles. The molecule has 4 atom stereocenters. The number of carbonyl (C=O) groups excluding carboxylic acids is 5. The molecule has 5 amide bonds. The van der Waals surface area contributed by atoms with Crippen LogP contribution in [0.3, 0.4) is 0 Å². The summed E-state index contributed by atoms with van der Waals surface area (Å²) >= 11 is 0. The summed E-state index contributed by atoms with van der Waals surface area (Å²) in [6, 6.07) is 14.1. The molecule has 2 fully saturated rings. The molecule has 2 saturated heterocycles. The van der Waals surface area contributed by atoms with E-state index >= 15 is 0 Å². The molecule has 14 heteroatoms. The molecular weight excluding hydrogens is 642 g/mol. The zero-order chi connectivity index (χ0) is 35.8. The molecule has 2 aliphatic heterocycles. The van der Waals surface area contributed by atoms with Crippen molar-refractivity contribution in [2.45, 2.75) is 64.1 Å². The highest BCUT2D eigenvalue weighted by Gasteiger charge is 2.36. The summed E-state index contributed by atoms with van der Waals surface area (Å²) in [5, 5.41) is 8.14. The molecule has 1 aromatic heterocycles. The second-order valence-electron chi connectivity index (χ2n) is 12.5. The number of amides is 5. The van der Waals surface area contributed by atoms with Crippen molar-refractivity contribution in [2.75, 3.05) is 39.2 Å². The molecule has 0 radical (unpaired) electrons. The maximum absolute atomic E-state index is 13.3. The fourth-order valence-electron chi connectivity index (χ4n) is 6.47. The predicted octanol–water partition coefficient (Wildman–Crippen LogP) is 4.46. The van der Waals surface area contributed by atoms with E-state index in [1.807, 2.05) is 55.5 Å². The largest absolute Gasteiger partial charge is 0.453 e. The van der Waals surface area contributed by atoms with Crippen molar-refractivity contribution in [1.29, 1.82) is 0 Å². The fourth-order valence-corrected chi connectivity index (χ4v) is 6.47. The Morgan fingerprint density at radius 1 is 0.820 bits per heavy atom. The molecular formula is C36H45N7O7. The summed E-state index contributed by atoms with van der Waals surface area (Å²) in [5.41, 5.74) is 4.42. The molecule has 0 bridgehead atoms. The van der Waals surface area contributed by atoms with Gasteiger partial charge in [-0.1, -0.05) is 50.2 Å². The Morgan fingerprint density at radius 2 is 1.40 bits per heavy atom. The first-order chi connectivity index (χ1) is 24.1. The average Bonchev–Trinajstić information content (AvgIpc) is 3.94. The molecule has 2 aromatic carbocycles. The van der Waals surface area contributed by atoms with Crippen LogP contribution in [0.1, 0.15) is 57.8 Å². The van der Waals surface area contributed by atoms with Crippen LogP contribution >= 0.6 is 0 Å². The SMILES string of the molecule is CC[C@H](NC(=O)OC)C(=O)N1CC[C@@H](C(=O)Nc2ccc(-c3ccc(-c4cnc([C@@H]5CCCN5C(=O)[C@@H](CC)NC(=O)OC)[nH]4)cc3)cc2)C1. The number of hydrogen-bond donors (Lipinski definition) is 4. The van der Waals surface area contributed by atoms with Gasteiger partial charge in [0, 0.05) is 25.3 Å². The van der Waals surface area contributed by atoms with Crippen LogP contribution in [0.25, 0.3) is 22.4 Å². The third-order valence-corrected chi connectivity index (χ3v) is 9.37. The predicted molar refractivity (Wildman–Crippen MR) is 186 cm³/mol. The first kappa shape index (κ1) is 35.9. The number of carbonyl (C=O) groups is 5. The number of imidazole rings is 1. The second-order valence-corrected chi connectivity index (χ2v) is 12.5. The quantitative estimate of drug-likeness (QED) is 0.229. The molecule has 14 nitrogen and oxygen atoms in total. The number of aromatic nitrogens is 2. The number of hydrogen-bond acceptors (Lipinski definition) is 8. The van der Waals surface area contributed by atoms with Crippen molar-refractivity contribution >= 4 is 35.6 Å². The normalized spacial score (nSPS) is 18.2. The Bertz CT molecular complexity index is 1670. The average molecular weight is 688 g/mol. The van der Waals surface area contributed by atoms with Crippen LogP contribution in [0, 0.1) is 5.92 Å². The summed E-state index contributed by atoms with van der Waals surface area (Å²) < 4.78 is 9.30. The monoisotopic (exact) mass is 687 g/mol. The van der Waals surface area contributed by atoms with E-state index in [0.29, 0.717) is 43.9 Å². The number of ether oxygens (including phenoxy) is 2. The van der Waals surface area contributed by atoms with Crippen molar-refractivity contribution in [2.24, 2.45) is 5.92 Å². The number of nitrogens with zero attached hydrogens (tertiary/aromatic N) is 3. The molecule has 3 heterocycles. The minimum atomic E-state index is -0.694. The van der Waals surface area contributed by atoms with Crippen molar-refractivity contribution in [3.63, 3.8) is 0 Å². The van der Waals surface area contributed by atoms with Crippen LogP contribution in [0.2, 0.25) is 0 Å². The van der Waals surface area contributed by atoms with E-state index in [4.69, 9.17) is 0 Å². The fraction of sp³-hybridized carbons (Fsp3) is 0.444. The van der Waals surface area contributed by atoms with E-state index < -0.39 is 24.3 Å². The number of aromatic amines is 1. The van der Waals surface area contributed by atoms with Gasteiger partial charge < -0.3 is 40.2 Å². The number of likely N-dealkylation sites (tertiary alicyclic amines) is 2. The minimum absolute atomic E-state index is 0.151. The Morgan fingerprint density at radius 3 is 2.00 bits per heavy atom. The zero-order valence-corrected chi connectivity index (χ0v) is 28.9. The highest BCUT2D eigenvalue weighted by Crippen LogP contribution is 2.33. The Labute approximate surface area is 291 Å². The maximum atomic E-state index is 13.3. The smallest absolute Gasteiger partial charge is 0.407 e. The van der Waals surface area contributed by atoms with Gasteiger partial charge in [0.25, 0.3) is 0 Å². The number of benzene rings is 2. The molecule has 0 spiro atoms. The highest BCUT2D eigenvalue weighted by atomic mass is 16.5. The van der Waals surface area contributed by atoms with E-state index in [2.05, 4.69) is 35.4 Å². The lowest BCUT2D eigenvalue weighted by Crippen LogP contribution is -2.48. The van der Waals surface area contributed by atoms with E-state index in [1.165, 1.54) is 14.2 Å². The van der Waals surface area contributed by atoms with E-state index in [1.54, 1.807) is 22.9 Å². The van der Waals surface area contributed by atoms with Gasteiger partial charge in [0.1, 0.15) is 17.9 Å². The van der Waals surface area contributed by atoms with Gasteiger partial charge in [-0.25, -0.2) is 14.6 Å². The summed E-state index contributed by atoms with van der Waals surface area (Å²) in [5.74, 6) is -0.169. The van der Waals surface area contributed by atoms with E-state index in [-0.39, 0.29) is 36.2 Å². The first-order valence-electron chi connectivity index (χ1n) is 17.0. The van der Waals surface area contributed by atoms with Crippen LogP contribution in [-0.2, 0) is 23.9 Å². The lowest BCUT2D eigenvalue weighted by atomic mass is 10.0. The lowest BCUT2D eigenvalue weighted by molar-refractivity contribution is -0.134. The summed E-state index contributed by atoms with van der Waals surface area (Å²) in [6.45, 7) is 4.98. The van der Waals surface area contributed by atoms with E-state index in [0.717, 1.165) is 35.2 Å². The van der Waals surface area contributed by atoms with Gasteiger partial charge in [0.2, 0.25) is 17.7 Å². The van der Waals surface area contributed by atoms with Crippen molar-refractivity contribution in [3.05, 3.63) is 60.6 Å². The number of alkyl carbamates (subject to hydrolysis) is 2. The number of rotatable bonds is 11. The topological polar surface area (TPSA) is 175 Å². The second kappa shape index (κ2) is 16.3. The Kier molecular flexibility index (Phi) is 11.7. The van der Waals surface area contributed by atoms with Crippen LogP contribution < -0.4 is 16.0 Å². The van der Waals surface area contributed by atoms with Gasteiger partial charge in [-0.2, -0.15) is 0 Å². The highest BCUT2D eigenvalue weighted by molar-refractivity contribution is 5.94. The first-order valence-corrected chi connectivity index (χ1v) is 17.0. The molecule has 4 N–H and O–H groups in total. The molecule has 50 heavy (non-hydrogen) atoms. The Balaban J connectivity index is 1.16. The Hall–Kier alpha value is -5.40. The number of nitrogens with one attached hydrogen (secondary N) is 4. The maximum Gasteiger partial charge on any atom is 0.407 e. The van der Waals surface area contributed by atoms with Crippen LogP contribution in [0.5, 0.6) is 0 Å². The molecule has 266 valence electrons. The summed E-state index contributed by atoms with van der Waals surface area (Å²) in [4.78, 5) is 73.9. The third-order valence-electron chi connectivity index (χ3n) is 9.37. The molecule has 3 aromatic rings. The standard InChI is InChI=1S/C36H45N7O7/c1-5-27(40-35(47)49-3)33(45)42-19-17-25(21-42)32(44)38-26-15-13-23(14-16-26)22-9-11-24(12-10-22)29-20-37-31(39-29)30-8-7-18-43(30)34(46)28(6-2)41-36(48)50-4/h9-16,20,25,27-28,30H,5-8,17-19,21H2,1-4H3,(H,37,39)(H,38,44)(H,40,47)(H,41,48)/t25-,27+,28-,30+/m1/s1. The molecule has 0 saturated carbocycles. The lowest BCUT2D eigenvalue weighted by Gasteiger charge is -2.27. The molecule has 2 aliphatic rings. The van der Waals surface area contributed by atoms with E-state index in [9.17, 15) is 24.0 Å². The number of H-pyrrole nitrogens is 1. The van der Waals surface area contributed by atoms with Crippen LogP contribution in [-0.4, -0.2) is 95.6 Å². The van der Waals surface area contributed by atoms with Crippen LogP contribution in [0.4, 0.5) is 15.3 Å². The van der Waals surface area contributed by atoms with Gasteiger partial charge in [-0.15, -0.1) is 0 Å². The van der Waals surface area contributed by atoms with Crippen LogP contribution in [0.15, 0.2) is 54.7 Å². The van der Waals surface area contributed by atoms with Gasteiger partial charge in [0.05, 0.1) is 38.1 Å². The van der Waals surface area contributed by atoms with Gasteiger partial charge in [-0.3, -0.25) is 14.4 Å². The van der Waals surface area contributed by atoms with Gasteiger partial charge in [0.15, 0.2) is 0 Å². The van der Waals surface area contributed by atoms with Gasteiger partial charge in [-0.05, 0) is 60.9 Å². The minimum Gasteiger partial charge on any atom is -0.453 e.